The van der Waals surface area contributed by atoms with Gasteiger partial charge in [-0.1, -0.05) is 38.4 Å². The molecule has 0 unspecified atom stereocenters. The minimum Gasteiger partial charge on any atom is -0.212 e. The molecule has 0 aliphatic rings. The number of halogens is 1. The van der Waals surface area contributed by atoms with Gasteiger partial charge in [-0.05, 0) is 43.9 Å². The molecule has 0 amide bonds. The zero-order chi connectivity index (χ0) is 16.9. The van der Waals surface area contributed by atoms with Crippen LogP contribution in [0.5, 0.6) is 0 Å². The number of hydrogen-bond donors (Lipinski definition) is 0. The molecule has 0 spiro atoms. The quantitative estimate of drug-likeness (QED) is 0.763. The van der Waals surface area contributed by atoms with Gasteiger partial charge in [0.25, 0.3) is 17.7 Å². The lowest BCUT2D eigenvalue weighted by Crippen LogP contribution is -2.34. The smallest absolute Gasteiger partial charge is 0.212 e. The van der Waals surface area contributed by atoms with Crippen molar-refractivity contribution in [2.45, 2.75) is 56.6 Å². The molecule has 1 rings (SSSR count). The third kappa shape index (κ3) is 3.27. The minimum absolute atomic E-state index is 0.243. The van der Waals surface area contributed by atoms with Gasteiger partial charge in [0.05, 0.1) is 9.64 Å². The van der Waals surface area contributed by atoms with Crippen molar-refractivity contribution < 1.29 is 16.8 Å². The van der Waals surface area contributed by atoms with E-state index < -0.39 is 22.5 Å². The lowest BCUT2D eigenvalue weighted by molar-refractivity contribution is 0.559. The van der Waals surface area contributed by atoms with E-state index in [1.807, 2.05) is 20.8 Å². The van der Waals surface area contributed by atoms with Crippen LogP contribution in [0.4, 0.5) is 0 Å². The van der Waals surface area contributed by atoms with Gasteiger partial charge < -0.3 is 0 Å². The second kappa shape index (κ2) is 5.25. The predicted molar refractivity (Wildman–Crippen MR) is 86.0 cm³/mol. The van der Waals surface area contributed by atoms with Crippen LogP contribution in [0.2, 0.25) is 5.02 Å². The average molecular weight is 353 g/mol. The maximum Gasteiger partial charge on any atom is 0.282 e. The Labute approximate surface area is 131 Å². The van der Waals surface area contributed by atoms with Crippen LogP contribution in [0.1, 0.15) is 47.1 Å². The molecule has 0 atom stereocenters. The number of hydrogen-bond acceptors (Lipinski definition) is 4. The van der Waals surface area contributed by atoms with Crippen molar-refractivity contribution in [2.24, 2.45) is 0 Å². The molecular formula is C14H21ClO4S2. The minimum atomic E-state index is -4.49. The normalized spacial score (nSPS) is 14.2. The molecule has 4 nitrogen and oxygen atoms in total. The maximum atomic E-state index is 12.4. The maximum absolute atomic E-state index is 12.4. The molecule has 0 saturated heterocycles. The van der Waals surface area contributed by atoms with E-state index in [4.69, 9.17) is 11.6 Å². The molecule has 0 radical (unpaired) electrons. The molecule has 1 aromatic carbocycles. The predicted octanol–water partition coefficient (Wildman–Crippen LogP) is 3.54. The van der Waals surface area contributed by atoms with Crippen LogP contribution in [0, 0.1) is 0 Å². The van der Waals surface area contributed by atoms with Crippen molar-refractivity contribution in [1.82, 2.24) is 0 Å². The molecule has 0 aliphatic carbocycles. The molecule has 120 valence electrons. The summed E-state index contributed by atoms with van der Waals surface area (Å²) in [7, 11) is -8.87. The van der Waals surface area contributed by atoms with Crippen molar-refractivity contribution in [2.75, 3.05) is 0 Å². The summed E-state index contributed by atoms with van der Waals surface area (Å²) >= 11 is 6.13. The summed E-state index contributed by atoms with van der Waals surface area (Å²) in [5, 5.41) is 0.243. The monoisotopic (exact) mass is 352 g/mol. The molecular weight excluding hydrogens is 332 g/mol. The zero-order valence-electron chi connectivity index (χ0n) is 13.1. The fourth-order valence-corrected chi connectivity index (χ4v) is 6.70. The van der Waals surface area contributed by atoms with E-state index in [0.29, 0.717) is 0 Å². The van der Waals surface area contributed by atoms with Gasteiger partial charge in [0, 0.05) is 5.02 Å². The molecule has 0 aromatic heterocycles. The summed E-state index contributed by atoms with van der Waals surface area (Å²) < 4.78 is 47.8. The fraction of sp³-hybridized carbons (Fsp3) is 0.571. The molecule has 0 aliphatic heterocycles. The van der Waals surface area contributed by atoms with Crippen LogP contribution in [0.25, 0.3) is 0 Å². The van der Waals surface area contributed by atoms with Gasteiger partial charge in [-0.15, -0.1) is 0 Å². The van der Waals surface area contributed by atoms with Crippen LogP contribution in [-0.4, -0.2) is 21.6 Å². The summed E-state index contributed by atoms with van der Waals surface area (Å²) in [6, 6.07) is 4.07. The molecule has 1 aromatic rings. The van der Waals surface area contributed by atoms with E-state index in [0.717, 1.165) is 5.56 Å². The van der Waals surface area contributed by atoms with E-state index in [-0.39, 0.29) is 15.3 Å². The highest BCUT2D eigenvalue weighted by molar-refractivity contribution is 8.67. The van der Waals surface area contributed by atoms with Crippen LogP contribution in [0.3, 0.4) is 0 Å². The third-order valence-corrected chi connectivity index (χ3v) is 10.1. The lowest BCUT2D eigenvalue weighted by Gasteiger charge is -2.22. The molecule has 7 heteroatoms. The Kier molecular flexibility index (Phi) is 4.61. The summed E-state index contributed by atoms with van der Waals surface area (Å²) in [6.45, 7) is 9.87. The van der Waals surface area contributed by atoms with Crippen molar-refractivity contribution in [3.63, 3.8) is 0 Å². The van der Waals surface area contributed by atoms with Crippen molar-refractivity contribution in [3.05, 3.63) is 28.8 Å². The highest BCUT2D eigenvalue weighted by Crippen LogP contribution is 2.34. The summed E-state index contributed by atoms with van der Waals surface area (Å²) in [6.07, 6.45) is 0. The Morgan fingerprint density at radius 3 is 1.71 bits per heavy atom. The van der Waals surface area contributed by atoms with Gasteiger partial charge in [0.2, 0.25) is 0 Å². The first-order valence-electron chi connectivity index (χ1n) is 6.42. The van der Waals surface area contributed by atoms with Gasteiger partial charge in [0.1, 0.15) is 0 Å². The van der Waals surface area contributed by atoms with Crippen molar-refractivity contribution in [3.8, 4) is 0 Å². The van der Waals surface area contributed by atoms with Crippen LogP contribution in [0.15, 0.2) is 23.1 Å². The topological polar surface area (TPSA) is 68.3 Å². The fourth-order valence-electron chi connectivity index (χ4n) is 1.72. The summed E-state index contributed by atoms with van der Waals surface area (Å²) in [4.78, 5) is -0.296. The molecule has 21 heavy (non-hydrogen) atoms. The Morgan fingerprint density at radius 1 is 0.905 bits per heavy atom. The second-order valence-electron chi connectivity index (χ2n) is 6.91. The van der Waals surface area contributed by atoms with Gasteiger partial charge in [-0.25, -0.2) is 16.8 Å². The van der Waals surface area contributed by atoms with Crippen LogP contribution >= 0.6 is 11.6 Å². The second-order valence-corrected chi connectivity index (χ2v) is 13.5. The van der Waals surface area contributed by atoms with Gasteiger partial charge >= 0.3 is 0 Å². The largest absolute Gasteiger partial charge is 0.282 e. The van der Waals surface area contributed by atoms with E-state index in [9.17, 15) is 16.8 Å². The molecule has 0 bridgehead atoms. The first kappa shape index (κ1) is 18.5. The Hall–Kier alpha value is -0.590. The first-order valence-corrected chi connectivity index (χ1v) is 10.3. The summed E-state index contributed by atoms with van der Waals surface area (Å²) in [5.74, 6) is 0. The van der Waals surface area contributed by atoms with E-state index >= 15 is 0 Å². The first-order chi connectivity index (χ1) is 9.12. The highest BCUT2D eigenvalue weighted by atomic mass is 35.5. The lowest BCUT2D eigenvalue weighted by atomic mass is 9.87. The highest BCUT2D eigenvalue weighted by Gasteiger charge is 2.42. The van der Waals surface area contributed by atoms with E-state index in [2.05, 4.69) is 0 Å². The van der Waals surface area contributed by atoms with E-state index in [1.165, 1.54) is 32.9 Å². The van der Waals surface area contributed by atoms with E-state index in [1.54, 1.807) is 6.07 Å². The van der Waals surface area contributed by atoms with Gasteiger partial charge in [0.15, 0.2) is 0 Å². The molecule has 0 saturated carbocycles. The number of rotatable bonds is 2. The van der Waals surface area contributed by atoms with Crippen LogP contribution in [-0.2, 0) is 23.2 Å². The molecule has 0 N–H and O–H groups in total. The molecule has 0 fully saturated rings. The number of benzene rings is 1. The molecule has 0 heterocycles. The Morgan fingerprint density at radius 2 is 1.38 bits per heavy atom. The Balaban J connectivity index is 3.54. The Bertz CT molecular complexity index is 749. The zero-order valence-corrected chi connectivity index (χ0v) is 15.4. The van der Waals surface area contributed by atoms with Crippen molar-refractivity contribution in [1.29, 1.82) is 0 Å². The van der Waals surface area contributed by atoms with Crippen LogP contribution < -0.4 is 0 Å². The van der Waals surface area contributed by atoms with Gasteiger partial charge in [-0.2, -0.15) is 0 Å². The summed E-state index contributed by atoms with van der Waals surface area (Å²) in [5.41, 5.74) is 0.499. The SMILES string of the molecule is CC(C)(C)c1ccc(S(=O)(=O)S(=O)(=O)C(C)(C)C)cc1Cl. The third-order valence-electron chi connectivity index (χ3n) is 3.08. The van der Waals surface area contributed by atoms with Gasteiger partial charge in [-0.3, -0.25) is 0 Å². The van der Waals surface area contributed by atoms with Crippen molar-refractivity contribution >= 4 is 29.3 Å². The standard InChI is InChI=1S/C14H21ClO4S2/c1-13(2,3)11-8-7-10(9-12(11)15)20(16,17)21(18,19)14(4,5)6/h7-9H,1-6H3. The average Bonchev–Trinajstić information content (AvgIpc) is 2.25.